The third kappa shape index (κ3) is 3.41. The van der Waals surface area contributed by atoms with Crippen molar-refractivity contribution in [1.29, 1.82) is 0 Å². The average molecular weight is 340 g/mol. The summed E-state index contributed by atoms with van der Waals surface area (Å²) in [5.41, 5.74) is 6.68. The normalized spacial score (nSPS) is 21.9. The fourth-order valence-electron chi connectivity index (χ4n) is 2.85. The number of piperidine rings is 1. The Bertz CT molecular complexity index is 713. The van der Waals surface area contributed by atoms with Gasteiger partial charge in [0.05, 0.1) is 17.6 Å². The van der Waals surface area contributed by atoms with E-state index < -0.39 is 16.0 Å². The summed E-state index contributed by atoms with van der Waals surface area (Å²) in [5, 5.41) is 0. The van der Waals surface area contributed by atoms with Gasteiger partial charge in [-0.25, -0.2) is 13.2 Å². The number of methoxy groups -OCH3 is 1. The number of benzene rings is 1. The highest BCUT2D eigenvalue weighted by Crippen LogP contribution is 2.32. The van der Waals surface area contributed by atoms with Crippen molar-refractivity contribution in [2.75, 3.05) is 20.2 Å². The molecule has 0 aliphatic carbocycles. The lowest BCUT2D eigenvalue weighted by Gasteiger charge is -2.41. The lowest BCUT2D eigenvalue weighted by Crippen LogP contribution is -2.53. The van der Waals surface area contributed by atoms with Crippen LogP contribution in [0.5, 0.6) is 0 Å². The van der Waals surface area contributed by atoms with Crippen LogP contribution in [0.1, 0.15) is 36.2 Å². The van der Waals surface area contributed by atoms with E-state index in [-0.39, 0.29) is 16.4 Å². The van der Waals surface area contributed by atoms with Gasteiger partial charge in [-0.05, 0) is 42.5 Å². The number of hydrogen-bond acceptors (Lipinski definition) is 5. The maximum atomic E-state index is 12.9. The van der Waals surface area contributed by atoms with Gasteiger partial charge >= 0.3 is 5.97 Å². The molecule has 1 saturated heterocycles. The number of aryl methyl sites for hydroxylation is 1. The molecule has 1 aliphatic rings. The summed E-state index contributed by atoms with van der Waals surface area (Å²) in [5.74, 6) is -0.484. The van der Waals surface area contributed by atoms with Gasteiger partial charge < -0.3 is 10.5 Å². The number of carbonyl (C=O) groups is 1. The highest BCUT2D eigenvalue weighted by Gasteiger charge is 2.39. The Morgan fingerprint density at radius 3 is 2.57 bits per heavy atom. The topological polar surface area (TPSA) is 89.7 Å². The van der Waals surface area contributed by atoms with E-state index in [0.717, 1.165) is 0 Å². The Morgan fingerprint density at radius 1 is 1.39 bits per heavy atom. The Hall–Kier alpha value is -1.44. The lowest BCUT2D eigenvalue weighted by molar-refractivity contribution is 0.0600. The third-order valence-corrected chi connectivity index (χ3v) is 6.50. The van der Waals surface area contributed by atoms with Gasteiger partial charge in [-0.1, -0.05) is 13.8 Å². The molecule has 23 heavy (non-hydrogen) atoms. The number of hydrogen-bond donors (Lipinski definition) is 1. The van der Waals surface area contributed by atoms with Gasteiger partial charge in [0.1, 0.15) is 0 Å². The van der Waals surface area contributed by atoms with Crippen LogP contribution in [0.4, 0.5) is 0 Å². The first-order valence-corrected chi connectivity index (χ1v) is 8.98. The summed E-state index contributed by atoms with van der Waals surface area (Å²) in [7, 11) is -2.32. The fourth-order valence-corrected chi connectivity index (χ4v) is 4.68. The summed E-state index contributed by atoms with van der Waals surface area (Å²) in [6, 6.07) is 4.47. The lowest BCUT2D eigenvalue weighted by atomic mass is 9.81. The molecule has 0 saturated carbocycles. The molecule has 2 rings (SSSR count). The molecule has 1 heterocycles. The molecule has 0 bridgehead atoms. The number of rotatable bonds is 3. The zero-order valence-corrected chi connectivity index (χ0v) is 14.8. The summed E-state index contributed by atoms with van der Waals surface area (Å²) < 4.78 is 32.0. The maximum absolute atomic E-state index is 12.9. The van der Waals surface area contributed by atoms with Gasteiger partial charge in [0.2, 0.25) is 10.0 Å². The van der Waals surface area contributed by atoms with Crippen molar-refractivity contribution in [3.63, 3.8) is 0 Å². The number of sulfonamides is 1. The highest BCUT2D eigenvalue weighted by molar-refractivity contribution is 7.89. The van der Waals surface area contributed by atoms with Crippen LogP contribution in [0.2, 0.25) is 0 Å². The van der Waals surface area contributed by atoms with Gasteiger partial charge in [0, 0.05) is 19.1 Å². The highest BCUT2D eigenvalue weighted by atomic mass is 32.2. The van der Waals surface area contributed by atoms with Gasteiger partial charge in [-0.2, -0.15) is 4.31 Å². The largest absolute Gasteiger partial charge is 0.465 e. The number of esters is 1. The van der Waals surface area contributed by atoms with E-state index in [0.29, 0.717) is 30.6 Å². The summed E-state index contributed by atoms with van der Waals surface area (Å²) >= 11 is 0. The molecule has 128 valence electrons. The van der Waals surface area contributed by atoms with Crippen molar-refractivity contribution in [2.24, 2.45) is 11.1 Å². The Labute approximate surface area is 137 Å². The number of ether oxygens (including phenoxy) is 1. The third-order valence-electron chi connectivity index (χ3n) is 4.49. The van der Waals surface area contributed by atoms with Crippen LogP contribution in [-0.4, -0.2) is 44.9 Å². The first-order valence-electron chi connectivity index (χ1n) is 7.54. The Kier molecular flexibility index (Phi) is 4.84. The van der Waals surface area contributed by atoms with Crippen molar-refractivity contribution < 1.29 is 17.9 Å². The second-order valence-electron chi connectivity index (χ2n) is 6.69. The predicted octanol–water partition coefficient (Wildman–Crippen LogP) is 1.53. The molecule has 1 atom stereocenters. The summed E-state index contributed by atoms with van der Waals surface area (Å²) in [6.45, 7) is 6.43. The van der Waals surface area contributed by atoms with Crippen LogP contribution in [-0.2, 0) is 14.8 Å². The molecule has 0 spiro atoms. The molecule has 6 nitrogen and oxygen atoms in total. The molecule has 1 fully saturated rings. The minimum Gasteiger partial charge on any atom is -0.465 e. The minimum atomic E-state index is -3.61. The van der Waals surface area contributed by atoms with E-state index in [1.54, 1.807) is 13.0 Å². The van der Waals surface area contributed by atoms with Gasteiger partial charge in [0.25, 0.3) is 0 Å². The average Bonchev–Trinajstić information content (AvgIpc) is 2.48. The van der Waals surface area contributed by atoms with E-state index in [2.05, 4.69) is 4.74 Å². The molecule has 2 N–H and O–H groups in total. The van der Waals surface area contributed by atoms with Crippen molar-refractivity contribution in [2.45, 2.75) is 38.1 Å². The zero-order chi connectivity index (χ0) is 17.4. The SMILES string of the molecule is COC(=O)c1ccc(S(=O)(=O)N2CCC(N)C(C)(C)C2)c(C)c1. The molecule has 0 radical (unpaired) electrons. The van der Waals surface area contributed by atoms with Crippen LogP contribution in [0, 0.1) is 12.3 Å². The molecule has 0 aromatic heterocycles. The second-order valence-corrected chi connectivity index (χ2v) is 8.60. The van der Waals surface area contributed by atoms with Crippen molar-refractivity contribution >= 4 is 16.0 Å². The number of carbonyl (C=O) groups excluding carboxylic acids is 1. The molecule has 7 heteroatoms. The second kappa shape index (κ2) is 6.22. The Balaban J connectivity index is 2.35. The van der Waals surface area contributed by atoms with Crippen LogP contribution < -0.4 is 5.73 Å². The van der Waals surface area contributed by atoms with Crippen molar-refractivity contribution in [3.05, 3.63) is 29.3 Å². The Morgan fingerprint density at radius 2 is 2.04 bits per heavy atom. The summed E-state index contributed by atoms with van der Waals surface area (Å²) in [4.78, 5) is 11.8. The first kappa shape index (κ1) is 17.9. The van der Waals surface area contributed by atoms with Crippen LogP contribution in [0.15, 0.2) is 23.1 Å². The van der Waals surface area contributed by atoms with E-state index in [9.17, 15) is 13.2 Å². The van der Waals surface area contributed by atoms with Crippen LogP contribution >= 0.6 is 0 Å². The minimum absolute atomic E-state index is 0.0169. The number of nitrogens with two attached hydrogens (primary N) is 1. The molecular formula is C16H24N2O4S. The van der Waals surface area contributed by atoms with E-state index in [1.807, 2.05) is 13.8 Å². The molecular weight excluding hydrogens is 316 g/mol. The van der Waals surface area contributed by atoms with E-state index >= 15 is 0 Å². The smallest absolute Gasteiger partial charge is 0.337 e. The molecule has 0 amide bonds. The number of nitrogens with zero attached hydrogens (tertiary/aromatic N) is 1. The van der Waals surface area contributed by atoms with E-state index in [1.165, 1.54) is 23.5 Å². The van der Waals surface area contributed by atoms with Gasteiger partial charge in [-0.15, -0.1) is 0 Å². The quantitative estimate of drug-likeness (QED) is 0.843. The first-order chi connectivity index (χ1) is 10.6. The van der Waals surface area contributed by atoms with Gasteiger partial charge in [0.15, 0.2) is 0 Å². The van der Waals surface area contributed by atoms with Crippen LogP contribution in [0.25, 0.3) is 0 Å². The molecule has 1 aliphatic heterocycles. The molecule has 1 aromatic rings. The molecule has 1 aromatic carbocycles. The monoisotopic (exact) mass is 340 g/mol. The van der Waals surface area contributed by atoms with E-state index in [4.69, 9.17) is 5.73 Å². The zero-order valence-electron chi connectivity index (χ0n) is 14.0. The predicted molar refractivity (Wildman–Crippen MR) is 87.7 cm³/mol. The molecule has 1 unspecified atom stereocenters. The van der Waals surface area contributed by atoms with Crippen molar-refractivity contribution in [3.8, 4) is 0 Å². The van der Waals surface area contributed by atoms with Crippen molar-refractivity contribution in [1.82, 2.24) is 4.31 Å². The standard InChI is InChI=1S/C16H24N2O4S/c1-11-9-12(15(19)22-4)5-6-13(11)23(20,21)18-8-7-14(17)16(2,3)10-18/h5-6,9,14H,7-8,10,17H2,1-4H3. The maximum Gasteiger partial charge on any atom is 0.337 e. The van der Waals surface area contributed by atoms with Crippen LogP contribution in [0.3, 0.4) is 0 Å². The summed E-state index contributed by atoms with van der Waals surface area (Å²) in [6.07, 6.45) is 0.630. The fraction of sp³-hybridized carbons (Fsp3) is 0.562. The van der Waals surface area contributed by atoms with Gasteiger partial charge in [-0.3, -0.25) is 0 Å².